The number of aromatic nitrogens is 1. The number of amides is 2. The van der Waals surface area contributed by atoms with Crippen molar-refractivity contribution in [1.29, 1.82) is 0 Å². The van der Waals surface area contributed by atoms with E-state index in [0.29, 0.717) is 6.42 Å². The number of fused-ring (bicyclic) bond motifs is 3. The van der Waals surface area contributed by atoms with Crippen molar-refractivity contribution < 1.29 is 33.4 Å². The third kappa shape index (κ3) is 7.85. The highest BCUT2D eigenvalue weighted by Gasteiger charge is 2.33. The van der Waals surface area contributed by atoms with Crippen molar-refractivity contribution in [2.24, 2.45) is 11.8 Å². The van der Waals surface area contributed by atoms with Gasteiger partial charge in [-0.2, -0.15) is 0 Å². The molecule has 1 aromatic rings. The van der Waals surface area contributed by atoms with E-state index in [1.165, 1.54) is 11.0 Å². The predicted molar refractivity (Wildman–Crippen MR) is 139 cm³/mol. The molecular weight excluding hydrogens is 490 g/mol. The number of hydrogen-bond donors (Lipinski definition) is 2. The van der Waals surface area contributed by atoms with E-state index >= 15 is 0 Å². The van der Waals surface area contributed by atoms with E-state index in [0.717, 1.165) is 11.8 Å². The summed E-state index contributed by atoms with van der Waals surface area (Å²) in [4.78, 5) is 56.3. The first kappa shape index (κ1) is 28.8. The van der Waals surface area contributed by atoms with Crippen LogP contribution in [0.3, 0.4) is 0 Å². The molecule has 2 N–H and O–H groups in total. The van der Waals surface area contributed by atoms with Crippen molar-refractivity contribution in [3.63, 3.8) is 0 Å². The van der Waals surface area contributed by atoms with E-state index < -0.39 is 24.1 Å². The van der Waals surface area contributed by atoms with Gasteiger partial charge >= 0.3 is 5.97 Å². The zero-order valence-corrected chi connectivity index (χ0v) is 22.2. The summed E-state index contributed by atoms with van der Waals surface area (Å²) in [6.45, 7) is 8.00. The average Bonchev–Trinajstić information content (AvgIpc) is 3.52. The molecule has 0 saturated carbocycles. The van der Waals surface area contributed by atoms with Crippen LogP contribution in [0.5, 0.6) is 0 Å². The fourth-order valence-electron chi connectivity index (χ4n) is 4.33. The Labute approximate surface area is 222 Å². The average molecular weight is 526 g/mol. The lowest BCUT2D eigenvalue weighted by atomic mass is 9.94. The molecule has 2 unspecified atom stereocenters. The number of aliphatic hydroxyl groups is 1. The molecule has 0 aliphatic carbocycles. The molecule has 2 amide bonds. The molecule has 10 nitrogen and oxygen atoms in total. The third-order valence-electron chi connectivity index (χ3n) is 6.19. The third-order valence-corrected chi connectivity index (χ3v) is 6.19. The standard InChI is InChI=1S/C28H35N3O7/c1-17(2)26-19(4)9-10-24(34)29-11-5-7-18(3)13-20(32)14-21(33)15-25-30-22(16-37-25)27(35)31-12-6-8-23(31)28(36)38-26/h5,7-10,13,16-17,19-20,26,32H,6,11-12,14-15H2,1-4H3,(H,29,34)/b7-5?,10-9+,18-13?/t19?,20-,26?/m1/s1. The molecule has 38 heavy (non-hydrogen) atoms. The highest BCUT2D eigenvalue weighted by Crippen LogP contribution is 2.24. The van der Waals surface area contributed by atoms with Crippen LogP contribution in [-0.2, 0) is 25.5 Å². The molecular formula is C28H35N3O7. The van der Waals surface area contributed by atoms with Crippen LogP contribution in [0.1, 0.15) is 56.9 Å². The van der Waals surface area contributed by atoms with Crippen LogP contribution >= 0.6 is 0 Å². The minimum Gasteiger partial charge on any atom is -0.457 e. The van der Waals surface area contributed by atoms with Crippen molar-refractivity contribution in [3.8, 4) is 0 Å². The summed E-state index contributed by atoms with van der Waals surface area (Å²) in [5, 5.41) is 13.0. The molecule has 204 valence electrons. The second-order valence-corrected chi connectivity index (χ2v) is 9.84. The van der Waals surface area contributed by atoms with Crippen LogP contribution in [0.25, 0.3) is 0 Å². The molecule has 3 atom stereocenters. The SMILES string of the molecule is CC1=C[C@@H](O)CC(=O)Cc2nc(co2)C(=O)N2CCC=C2C(=O)OC(C(C)C)C(C)/C=C/C(=O)NCC=C1. The van der Waals surface area contributed by atoms with E-state index in [4.69, 9.17) is 9.15 Å². The summed E-state index contributed by atoms with van der Waals surface area (Å²) in [5.41, 5.74) is 0.809. The number of nitrogens with one attached hydrogen (secondary N) is 1. The normalized spacial score (nSPS) is 25.4. The molecule has 2 bridgehead atoms. The molecule has 3 rings (SSSR count). The Bertz CT molecular complexity index is 1170. The summed E-state index contributed by atoms with van der Waals surface area (Å²) >= 11 is 0. The first-order valence-electron chi connectivity index (χ1n) is 12.7. The van der Waals surface area contributed by atoms with Gasteiger partial charge in [-0.15, -0.1) is 0 Å². The minimum absolute atomic E-state index is 0.0315. The lowest BCUT2D eigenvalue weighted by Gasteiger charge is -2.27. The first-order valence-corrected chi connectivity index (χ1v) is 12.7. The molecule has 0 fully saturated rings. The van der Waals surface area contributed by atoms with E-state index in [2.05, 4.69) is 10.3 Å². The van der Waals surface area contributed by atoms with Gasteiger partial charge in [-0.3, -0.25) is 14.4 Å². The monoisotopic (exact) mass is 525 g/mol. The Kier molecular flexibility index (Phi) is 9.95. The van der Waals surface area contributed by atoms with Gasteiger partial charge in [-0.25, -0.2) is 9.78 Å². The van der Waals surface area contributed by atoms with Crippen LogP contribution in [-0.4, -0.2) is 63.9 Å². The van der Waals surface area contributed by atoms with Crippen LogP contribution in [0.4, 0.5) is 0 Å². The van der Waals surface area contributed by atoms with Crippen molar-refractivity contribution in [2.75, 3.05) is 13.1 Å². The van der Waals surface area contributed by atoms with Crippen molar-refractivity contribution in [1.82, 2.24) is 15.2 Å². The number of ether oxygens (including phenoxy) is 1. The summed E-state index contributed by atoms with van der Waals surface area (Å²) in [7, 11) is 0. The summed E-state index contributed by atoms with van der Waals surface area (Å²) in [6, 6.07) is 0. The lowest BCUT2D eigenvalue weighted by molar-refractivity contribution is -0.149. The Morgan fingerprint density at radius 1 is 1.18 bits per heavy atom. The van der Waals surface area contributed by atoms with Gasteiger partial charge in [-0.1, -0.05) is 56.7 Å². The second kappa shape index (κ2) is 13.1. The van der Waals surface area contributed by atoms with E-state index in [1.807, 2.05) is 20.8 Å². The number of aliphatic hydroxyl groups excluding tert-OH is 1. The number of cyclic esters (lactones) is 1. The van der Waals surface area contributed by atoms with E-state index in [1.54, 1.807) is 37.3 Å². The van der Waals surface area contributed by atoms with Crippen LogP contribution in [0, 0.1) is 11.8 Å². The zero-order valence-electron chi connectivity index (χ0n) is 22.2. The number of ketones is 1. The van der Waals surface area contributed by atoms with Gasteiger partial charge in [0.2, 0.25) is 11.8 Å². The van der Waals surface area contributed by atoms with Gasteiger partial charge in [0.05, 0.1) is 12.5 Å². The van der Waals surface area contributed by atoms with Gasteiger partial charge in [-0.05, 0) is 25.3 Å². The molecule has 2 aliphatic heterocycles. The Morgan fingerprint density at radius 2 is 1.95 bits per heavy atom. The predicted octanol–water partition coefficient (Wildman–Crippen LogP) is 2.66. The topological polar surface area (TPSA) is 139 Å². The maximum Gasteiger partial charge on any atom is 0.355 e. The molecule has 3 heterocycles. The quantitative estimate of drug-likeness (QED) is 0.534. The maximum atomic E-state index is 13.1. The summed E-state index contributed by atoms with van der Waals surface area (Å²) in [6.07, 6.45) is 9.48. The Hall–Kier alpha value is -3.79. The van der Waals surface area contributed by atoms with E-state index in [-0.39, 0.29) is 66.7 Å². The Balaban J connectivity index is 1.86. The van der Waals surface area contributed by atoms with Gasteiger partial charge < -0.3 is 24.5 Å². The fraction of sp³-hybridized carbons (Fsp3) is 0.464. The lowest BCUT2D eigenvalue weighted by Crippen LogP contribution is -2.36. The molecule has 0 saturated heterocycles. The van der Waals surface area contributed by atoms with Gasteiger partial charge in [0.15, 0.2) is 5.69 Å². The minimum atomic E-state index is -1.01. The molecule has 2 aliphatic rings. The van der Waals surface area contributed by atoms with Crippen molar-refractivity contribution >= 4 is 23.6 Å². The van der Waals surface area contributed by atoms with Crippen LogP contribution in [0.2, 0.25) is 0 Å². The molecule has 1 aromatic heterocycles. The first-order chi connectivity index (χ1) is 18.0. The summed E-state index contributed by atoms with van der Waals surface area (Å²) in [5.74, 6) is -2.07. The number of hydrogen-bond acceptors (Lipinski definition) is 8. The van der Waals surface area contributed by atoms with Crippen LogP contribution in [0.15, 0.2) is 58.4 Å². The number of Topliss-reactive ketones (excluding diaryl/α,β-unsaturated/α-hetero) is 1. The van der Waals surface area contributed by atoms with Gasteiger partial charge in [0.1, 0.15) is 23.8 Å². The number of carbonyl (C=O) groups is 4. The highest BCUT2D eigenvalue weighted by atomic mass is 16.5. The fourth-order valence-corrected chi connectivity index (χ4v) is 4.33. The number of esters is 1. The molecule has 0 aromatic carbocycles. The number of rotatable bonds is 1. The molecule has 0 spiro atoms. The largest absolute Gasteiger partial charge is 0.457 e. The smallest absolute Gasteiger partial charge is 0.355 e. The highest BCUT2D eigenvalue weighted by molar-refractivity contribution is 6.00. The summed E-state index contributed by atoms with van der Waals surface area (Å²) < 4.78 is 11.1. The maximum absolute atomic E-state index is 13.1. The van der Waals surface area contributed by atoms with Crippen molar-refractivity contribution in [2.45, 2.75) is 59.2 Å². The van der Waals surface area contributed by atoms with Crippen LogP contribution < -0.4 is 5.32 Å². The van der Waals surface area contributed by atoms with Gasteiger partial charge in [0.25, 0.3) is 5.91 Å². The Morgan fingerprint density at radius 3 is 2.68 bits per heavy atom. The van der Waals surface area contributed by atoms with E-state index in [9.17, 15) is 24.3 Å². The number of allylic oxidation sites excluding steroid dienone is 2. The molecule has 10 heteroatoms. The second-order valence-electron chi connectivity index (χ2n) is 9.84. The number of nitrogens with zero attached hydrogens (tertiary/aromatic N) is 2. The number of oxazole rings is 1. The van der Waals surface area contributed by atoms with Crippen molar-refractivity contribution in [3.05, 3.63) is 65.6 Å². The zero-order chi connectivity index (χ0) is 27.8. The molecule has 0 radical (unpaired) electrons. The van der Waals surface area contributed by atoms with Gasteiger partial charge in [0, 0.05) is 25.4 Å². The number of carbonyl (C=O) groups excluding carboxylic acids is 4.